The van der Waals surface area contributed by atoms with Crippen molar-refractivity contribution < 1.29 is 23.9 Å². The highest BCUT2D eigenvalue weighted by atomic mass is 16.5. The van der Waals surface area contributed by atoms with Crippen molar-refractivity contribution in [2.24, 2.45) is 11.8 Å². The van der Waals surface area contributed by atoms with Gasteiger partial charge in [-0.15, -0.1) is 0 Å². The Morgan fingerprint density at radius 3 is 2.24 bits per heavy atom. The zero-order valence-electron chi connectivity index (χ0n) is 17.1. The number of imide groups is 1. The fraction of sp³-hybridized carbons (Fsp3) is 0.545. The maximum absolute atomic E-state index is 12.7. The fourth-order valence-electron chi connectivity index (χ4n) is 4.14. The van der Waals surface area contributed by atoms with Gasteiger partial charge in [-0.2, -0.15) is 0 Å². The van der Waals surface area contributed by atoms with Gasteiger partial charge < -0.3 is 10.1 Å². The van der Waals surface area contributed by atoms with Crippen LogP contribution in [0.2, 0.25) is 0 Å². The molecule has 7 heteroatoms. The van der Waals surface area contributed by atoms with E-state index in [0.717, 1.165) is 24.2 Å². The van der Waals surface area contributed by atoms with Crippen LogP contribution in [0.5, 0.6) is 0 Å². The minimum atomic E-state index is -1.08. The lowest BCUT2D eigenvalue weighted by molar-refractivity contribution is -0.154. The molecule has 2 aliphatic rings. The molecular formula is C22H28N2O5. The Bertz CT molecular complexity index is 784. The van der Waals surface area contributed by atoms with Crippen molar-refractivity contribution in [3.05, 3.63) is 35.4 Å². The molecular weight excluding hydrogens is 372 g/mol. The van der Waals surface area contributed by atoms with Crippen LogP contribution in [0, 0.1) is 11.8 Å². The van der Waals surface area contributed by atoms with Gasteiger partial charge in [0.25, 0.3) is 17.7 Å². The molecule has 1 fully saturated rings. The predicted octanol–water partition coefficient (Wildman–Crippen LogP) is 2.55. The second-order valence-electron chi connectivity index (χ2n) is 8.26. The van der Waals surface area contributed by atoms with Crippen LogP contribution in [0.15, 0.2) is 24.3 Å². The van der Waals surface area contributed by atoms with E-state index in [1.165, 1.54) is 6.42 Å². The summed E-state index contributed by atoms with van der Waals surface area (Å²) in [6.45, 7) is 5.15. The Balaban J connectivity index is 1.64. The summed E-state index contributed by atoms with van der Waals surface area (Å²) < 4.78 is 5.21. The number of ether oxygens (including phenoxy) is 1. The number of nitrogens with zero attached hydrogens (tertiary/aromatic N) is 1. The van der Waals surface area contributed by atoms with Gasteiger partial charge in [-0.3, -0.25) is 19.3 Å². The van der Waals surface area contributed by atoms with Crippen molar-refractivity contribution in [1.29, 1.82) is 0 Å². The number of esters is 1. The van der Waals surface area contributed by atoms with E-state index in [1.807, 2.05) is 0 Å². The van der Waals surface area contributed by atoms with Crippen LogP contribution in [-0.4, -0.2) is 47.3 Å². The molecule has 0 spiro atoms. The Hall–Kier alpha value is -2.70. The maximum atomic E-state index is 12.7. The van der Waals surface area contributed by atoms with E-state index in [2.05, 4.69) is 12.2 Å². The zero-order valence-corrected chi connectivity index (χ0v) is 17.1. The van der Waals surface area contributed by atoms with Crippen LogP contribution in [0.4, 0.5) is 0 Å². The summed E-state index contributed by atoms with van der Waals surface area (Å²) in [6, 6.07) is 5.49. The number of hydrogen-bond acceptors (Lipinski definition) is 5. The minimum absolute atomic E-state index is 0.0899. The Kier molecular flexibility index (Phi) is 6.35. The molecule has 1 aliphatic carbocycles. The van der Waals surface area contributed by atoms with Gasteiger partial charge in [0.05, 0.1) is 11.1 Å². The summed E-state index contributed by atoms with van der Waals surface area (Å²) in [7, 11) is 0. The molecule has 1 aliphatic heterocycles. The second-order valence-corrected chi connectivity index (χ2v) is 8.26. The Labute approximate surface area is 170 Å². The number of carbonyl (C=O) groups is 4. The van der Waals surface area contributed by atoms with Crippen molar-refractivity contribution in [3.8, 4) is 0 Å². The van der Waals surface area contributed by atoms with E-state index in [1.54, 1.807) is 38.1 Å². The van der Waals surface area contributed by atoms with Crippen LogP contribution in [-0.2, 0) is 14.3 Å². The molecule has 1 heterocycles. The predicted molar refractivity (Wildman–Crippen MR) is 106 cm³/mol. The molecule has 3 amide bonds. The first-order chi connectivity index (χ1) is 13.8. The Morgan fingerprint density at radius 2 is 1.69 bits per heavy atom. The third-order valence-electron chi connectivity index (χ3n) is 5.78. The molecule has 1 aromatic carbocycles. The first-order valence-corrected chi connectivity index (χ1v) is 10.2. The molecule has 1 N–H and O–H groups in total. The lowest BCUT2D eigenvalue weighted by Gasteiger charge is -2.30. The van der Waals surface area contributed by atoms with Crippen molar-refractivity contribution in [1.82, 2.24) is 10.2 Å². The number of hydrogen-bond donors (Lipinski definition) is 1. The summed E-state index contributed by atoms with van der Waals surface area (Å²) in [5.41, 5.74) is 0.556. The van der Waals surface area contributed by atoms with E-state index >= 15 is 0 Å². The average molecular weight is 400 g/mol. The van der Waals surface area contributed by atoms with Crippen LogP contribution >= 0.6 is 0 Å². The van der Waals surface area contributed by atoms with Crippen LogP contribution in [0.3, 0.4) is 0 Å². The lowest BCUT2D eigenvalue weighted by Crippen LogP contribution is -2.49. The van der Waals surface area contributed by atoms with Crippen LogP contribution in [0.25, 0.3) is 0 Å². The van der Waals surface area contributed by atoms with E-state index in [9.17, 15) is 19.2 Å². The van der Waals surface area contributed by atoms with Gasteiger partial charge in [-0.1, -0.05) is 45.7 Å². The topological polar surface area (TPSA) is 92.8 Å². The molecule has 0 bridgehead atoms. The molecule has 3 rings (SSSR count). The zero-order chi connectivity index (χ0) is 21.1. The van der Waals surface area contributed by atoms with Gasteiger partial charge in [0, 0.05) is 6.04 Å². The molecule has 1 saturated carbocycles. The fourth-order valence-corrected chi connectivity index (χ4v) is 4.14. The number of fused-ring (bicyclic) bond motifs is 1. The van der Waals surface area contributed by atoms with Crippen LogP contribution in [0.1, 0.15) is 67.2 Å². The number of nitrogens with one attached hydrogen (secondary N) is 1. The molecule has 156 valence electrons. The summed E-state index contributed by atoms with van der Waals surface area (Å²) in [5, 5.41) is 2.93. The van der Waals surface area contributed by atoms with Gasteiger partial charge in [0.15, 0.2) is 6.61 Å². The highest BCUT2D eigenvalue weighted by Crippen LogP contribution is 2.28. The molecule has 1 aromatic rings. The largest absolute Gasteiger partial charge is 0.454 e. The summed E-state index contributed by atoms with van der Waals surface area (Å²) >= 11 is 0. The number of rotatable bonds is 6. The molecule has 3 atom stereocenters. The molecule has 29 heavy (non-hydrogen) atoms. The second kappa shape index (κ2) is 8.76. The van der Waals surface area contributed by atoms with Gasteiger partial charge in [-0.05, 0) is 36.8 Å². The van der Waals surface area contributed by atoms with E-state index in [-0.39, 0.29) is 29.0 Å². The third kappa shape index (κ3) is 4.33. The standard InChI is InChI=1S/C22H28N2O5/c1-13(2)19(24-20(26)15-9-5-6-10-16(15)21(24)27)22(28)29-12-18(25)23-17-11-7-4-8-14(17)3/h5-6,9-10,13-14,17,19H,4,7-8,11-12H2,1-3H3,(H,23,25)/t14?,17?,19-/m0/s1. The minimum Gasteiger partial charge on any atom is -0.454 e. The average Bonchev–Trinajstić information content (AvgIpc) is 2.94. The van der Waals surface area contributed by atoms with Crippen molar-refractivity contribution in [2.45, 2.75) is 58.5 Å². The quantitative estimate of drug-likeness (QED) is 0.585. The summed E-state index contributed by atoms with van der Waals surface area (Å²) in [4.78, 5) is 51.4. The first kappa shape index (κ1) is 21.0. The highest BCUT2D eigenvalue weighted by Gasteiger charge is 2.44. The molecule has 0 saturated heterocycles. The lowest BCUT2D eigenvalue weighted by atomic mass is 9.86. The SMILES string of the molecule is CC1CCCCC1NC(=O)COC(=O)[C@H](C(C)C)N1C(=O)c2ccccc2C1=O. The van der Waals surface area contributed by atoms with Crippen molar-refractivity contribution in [3.63, 3.8) is 0 Å². The smallest absolute Gasteiger partial charge is 0.330 e. The third-order valence-corrected chi connectivity index (χ3v) is 5.78. The Morgan fingerprint density at radius 1 is 1.10 bits per heavy atom. The molecule has 0 aromatic heterocycles. The normalized spacial score (nSPS) is 22.4. The molecule has 7 nitrogen and oxygen atoms in total. The molecule has 0 radical (unpaired) electrons. The van der Waals surface area contributed by atoms with Gasteiger partial charge in [-0.25, -0.2) is 4.79 Å². The highest BCUT2D eigenvalue weighted by molar-refractivity contribution is 6.22. The van der Waals surface area contributed by atoms with E-state index in [0.29, 0.717) is 5.92 Å². The maximum Gasteiger partial charge on any atom is 0.330 e. The number of amides is 3. The van der Waals surface area contributed by atoms with Gasteiger partial charge in [0.2, 0.25) is 0 Å². The molecule has 2 unspecified atom stereocenters. The van der Waals surface area contributed by atoms with Gasteiger partial charge in [0.1, 0.15) is 6.04 Å². The number of benzene rings is 1. The van der Waals surface area contributed by atoms with Gasteiger partial charge >= 0.3 is 5.97 Å². The van der Waals surface area contributed by atoms with Crippen molar-refractivity contribution >= 4 is 23.7 Å². The monoisotopic (exact) mass is 400 g/mol. The van der Waals surface area contributed by atoms with E-state index < -0.39 is 30.4 Å². The van der Waals surface area contributed by atoms with Crippen LogP contribution < -0.4 is 5.32 Å². The van der Waals surface area contributed by atoms with Crippen molar-refractivity contribution in [2.75, 3.05) is 6.61 Å². The summed E-state index contributed by atoms with van der Waals surface area (Å²) in [5.74, 6) is -2.09. The van der Waals surface area contributed by atoms with E-state index in [4.69, 9.17) is 4.74 Å². The summed E-state index contributed by atoms with van der Waals surface area (Å²) in [6.07, 6.45) is 4.23. The number of carbonyl (C=O) groups excluding carboxylic acids is 4. The first-order valence-electron chi connectivity index (χ1n) is 10.2.